The van der Waals surface area contributed by atoms with Crippen LogP contribution in [0.15, 0.2) is 18.5 Å². The minimum atomic E-state index is -0.625. The van der Waals surface area contributed by atoms with Gasteiger partial charge in [0, 0.05) is 25.5 Å². The molecule has 1 saturated carbocycles. The van der Waals surface area contributed by atoms with Gasteiger partial charge in [-0.3, -0.25) is 4.68 Å². The van der Waals surface area contributed by atoms with E-state index in [0.29, 0.717) is 6.54 Å². The fourth-order valence-electron chi connectivity index (χ4n) is 3.57. The van der Waals surface area contributed by atoms with Crippen molar-refractivity contribution in [3.63, 3.8) is 0 Å². The Hall–Kier alpha value is -1.62. The van der Waals surface area contributed by atoms with E-state index in [-0.39, 0.29) is 5.41 Å². The highest BCUT2D eigenvalue weighted by Crippen LogP contribution is 2.41. The van der Waals surface area contributed by atoms with Crippen LogP contribution in [0.3, 0.4) is 0 Å². The monoisotopic (exact) mass is 288 g/mol. The van der Waals surface area contributed by atoms with E-state index in [0.717, 1.165) is 36.0 Å². The quantitative estimate of drug-likeness (QED) is 0.911. The van der Waals surface area contributed by atoms with Crippen molar-refractivity contribution in [3.05, 3.63) is 18.5 Å². The Kier molecular flexibility index (Phi) is 3.40. The number of hydrogen-bond acceptors (Lipinski definition) is 4. The summed E-state index contributed by atoms with van der Waals surface area (Å²) in [6, 6.07) is 1.95. The van der Waals surface area contributed by atoms with E-state index >= 15 is 0 Å². The number of aryl methyl sites for hydroxylation is 1. The second-order valence-corrected chi connectivity index (χ2v) is 7.14. The molecule has 0 aliphatic heterocycles. The molecule has 1 unspecified atom stereocenters. The number of nitrogens with zero attached hydrogens (tertiary/aromatic N) is 3. The topological polar surface area (TPSA) is 63.0 Å². The molecule has 2 aromatic heterocycles. The lowest BCUT2D eigenvalue weighted by Gasteiger charge is -2.41. The fraction of sp³-hybridized carbons (Fsp3) is 0.625. The van der Waals surface area contributed by atoms with Crippen LogP contribution >= 0.6 is 0 Å². The van der Waals surface area contributed by atoms with Gasteiger partial charge in [0.05, 0.1) is 17.2 Å². The van der Waals surface area contributed by atoms with E-state index in [4.69, 9.17) is 0 Å². The molecule has 1 fully saturated rings. The highest BCUT2D eigenvalue weighted by atomic mass is 16.3. The van der Waals surface area contributed by atoms with E-state index < -0.39 is 5.60 Å². The normalized spacial score (nSPS) is 25.1. The van der Waals surface area contributed by atoms with Crippen LogP contribution in [0.1, 0.15) is 39.5 Å². The number of aliphatic hydroxyl groups is 1. The third-order valence-electron chi connectivity index (χ3n) is 4.55. The summed E-state index contributed by atoms with van der Waals surface area (Å²) in [6.07, 6.45) is 7.58. The lowest BCUT2D eigenvalue weighted by atomic mass is 9.70. The number of aromatic nitrogens is 3. The molecule has 3 rings (SSSR count). The maximum atomic E-state index is 10.8. The first-order valence-corrected chi connectivity index (χ1v) is 7.62. The van der Waals surface area contributed by atoms with Gasteiger partial charge in [-0.05, 0) is 37.2 Å². The predicted molar refractivity (Wildman–Crippen MR) is 84.2 cm³/mol. The molecule has 1 aliphatic rings. The summed E-state index contributed by atoms with van der Waals surface area (Å²) in [7, 11) is 1.89. The molecular formula is C16H24N4O. The van der Waals surface area contributed by atoms with Crippen molar-refractivity contribution in [1.82, 2.24) is 14.8 Å². The lowest BCUT2D eigenvalue weighted by Crippen LogP contribution is -2.44. The maximum Gasteiger partial charge on any atom is 0.159 e. The van der Waals surface area contributed by atoms with Crippen molar-refractivity contribution < 1.29 is 5.11 Å². The van der Waals surface area contributed by atoms with Crippen LogP contribution in [0.2, 0.25) is 0 Å². The van der Waals surface area contributed by atoms with E-state index in [1.807, 2.05) is 19.3 Å². The molecule has 5 heteroatoms. The van der Waals surface area contributed by atoms with Crippen molar-refractivity contribution in [2.24, 2.45) is 12.5 Å². The summed E-state index contributed by atoms with van der Waals surface area (Å²) in [6.45, 7) is 5.05. The van der Waals surface area contributed by atoms with Gasteiger partial charge in [-0.25, -0.2) is 4.98 Å². The van der Waals surface area contributed by atoms with E-state index in [1.54, 1.807) is 10.9 Å². The summed E-state index contributed by atoms with van der Waals surface area (Å²) in [4.78, 5) is 4.33. The van der Waals surface area contributed by atoms with Gasteiger partial charge >= 0.3 is 0 Å². The molecule has 0 spiro atoms. The van der Waals surface area contributed by atoms with Gasteiger partial charge in [0.1, 0.15) is 0 Å². The van der Waals surface area contributed by atoms with Gasteiger partial charge in [0.15, 0.2) is 5.65 Å². The smallest absolute Gasteiger partial charge is 0.159 e. The van der Waals surface area contributed by atoms with Crippen molar-refractivity contribution >= 4 is 16.7 Å². The van der Waals surface area contributed by atoms with E-state index in [2.05, 4.69) is 29.2 Å². The Morgan fingerprint density at radius 2 is 2.19 bits per heavy atom. The maximum absolute atomic E-state index is 10.8. The first kappa shape index (κ1) is 14.3. The molecule has 2 aromatic rings. The molecule has 0 aromatic carbocycles. The number of fused-ring (bicyclic) bond motifs is 1. The second kappa shape index (κ2) is 4.98. The van der Waals surface area contributed by atoms with E-state index in [9.17, 15) is 5.11 Å². The number of anilines is 1. The lowest BCUT2D eigenvalue weighted by molar-refractivity contribution is -0.0278. The van der Waals surface area contributed by atoms with Crippen LogP contribution < -0.4 is 5.32 Å². The van der Waals surface area contributed by atoms with Crippen molar-refractivity contribution in [3.8, 4) is 0 Å². The molecule has 1 aliphatic carbocycles. The van der Waals surface area contributed by atoms with Crippen LogP contribution in [0.5, 0.6) is 0 Å². The van der Waals surface area contributed by atoms with Gasteiger partial charge < -0.3 is 10.4 Å². The average molecular weight is 288 g/mol. The zero-order valence-corrected chi connectivity index (χ0v) is 13.1. The molecule has 0 radical (unpaired) electrons. The zero-order chi connectivity index (χ0) is 15.1. The summed E-state index contributed by atoms with van der Waals surface area (Å²) in [5.41, 5.74) is 1.44. The van der Waals surface area contributed by atoms with Crippen LogP contribution in [0.4, 0.5) is 5.69 Å². The number of hydrogen-bond donors (Lipinski definition) is 2. The molecule has 114 valence electrons. The average Bonchev–Trinajstić information content (AvgIpc) is 2.78. The summed E-state index contributed by atoms with van der Waals surface area (Å²) in [5, 5.41) is 19.5. The van der Waals surface area contributed by atoms with Crippen LogP contribution in [-0.2, 0) is 7.05 Å². The number of pyridine rings is 1. The van der Waals surface area contributed by atoms with Gasteiger partial charge in [-0.15, -0.1) is 0 Å². The van der Waals surface area contributed by atoms with Gasteiger partial charge in [-0.2, -0.15) is 5.10 Å². The molecule has 0 amide bonds. The fourth-order valence-corrected chi connectivity index (χ4v) is 3.57. The Labute approximate surface area is 125 Å². The molecule has 5 nitrogen and oxygen atoms in total. The van der Waals surface area contributed by atoms with Gasteiger partial charge in [-0.1, -0.05) is 13.8 Å². The van der Waals surface area contributed by atoms with Gasteiger partial charge in [0.25, 0.3) is 0 Å². The summed E-state index contributed by atoms with van der Waals surface area (Å²) >= 11 is 0. The van der Waals surface area contributed by atoms with Crippen molar-refractivity contribution in [2.45, 2.75) is 45.1 Å². The molecule has 2 N–H and O–H groups in total. The number of nitrogens with one attached hydrogen (secondary N) is 1. The molecule has 0 saturated heterocycles. The molecule has 0 bridgehead atoms. The molecule has 1 atom stereocenters. The minimum Gasteiger partial charge on any atom is -0.388 e. The first-order valence-electron chi connectivity index (χ1n) is 7.62. The largest absolute Gasteiger partial charge is 0.388 e. The molecule has 21 heavy (non-hydrogen) atoms. The predicted octanol–water partition coefficient (Wildman–Crippen LogP) is 2.71. The molecular weight excluding hydrogens is 264 g/mol. The van der Waals surface area contributed by atoms with Gasteiger partial charge in [0.2, 0.25) is 0 Å². The van der Waals surface area contributed by atoms with Crippen LogP contribution in [0, 0.1) is 5.41 Å². The second-order valence-electron chi connectivity index (χ2n) is 7.14. The summed E-state index contributed by atoms with van der Waals surface area (Å²) < 4.78 is 1.76. The Morgan fingerprint density at radius 1 is 1.38 bits per heavy atom. The zero-order valence-electron chi connectivity index (χ0n) is 13.1. The Balaban J connectivity index is 1.77. The van der Waals surface area contributed by atoms with Crippen LogP contribution in [-0.4, -0.2) is 32.0 Å². The first-order chi connectivity index (χ1) is 9.89. The van der Waals surface area contributed by atoms with Crippen molar-refractivity contribution in [2.75, 3.05) is 11.9 Å². The highest BCUT2D eigenvalue weighted by molar-refractivity contribution is 5.88. The van der Waals surface area contributed by atoms with E-state index in [1.165, 1.54) is 6.42 Å². The Bertz CT molecular complexity index is 649. The summed E-state index contributed by atoms with van der Waals surface area (Å²) in [5.74, 6) is 0. The minimum absolute atomic E-state index is 0.219. The van der Waals surface area contributed by atoms with Crippen molar-refractivity contribution in [1.29, 1.82) is 0 Å². The number of rotatable bonds is 3. The third-order valence-corrected chi connectivity index (χ3v) is 4.55. The highest BCUT2D eigenvalue weighted by Gasteiger charge is 2.38. The SMILES string of the molecule is Cn1ncc2c(NCC3(O)CCCC(C)(C)C3)ccnc21. The third kappa shape index (κ3) is 2.88. The standard InChI is InChI=1S/C16H24N4O/c1-15(2)6-4-7-16(21,10-15)11-18-13-5-8-17-14-12(13)9-19-20(14)3/h5,8-9,21H,4,6-7,10-11H2,1-3H3,(H,17,18). The Morgan fingerprint density at radius 3 is 2.95 bits per heavy atom. The van der Waals surface area contributed by atoms with Crippen LogP contribution in [0.25, 0.3) is 11.0 Å². The molecule has 2 heterocycles.